The van der Waals surface area contributed by atoms with Crippen molar-refractivity contribution in [3.05, 3.63) is 54.1 Å². The predicted molar refractivity (Wildman–Crippen MR) is 93.9 cm³/mol. The number of anilines is 1. The summed E-state index contributed by atoms with van der Waals surface area (Å²) >= 11 is 0. The molecule has 0 aliphatic carbocycles. The molecule has 0 aliphatic heterocycles. The molecule has 0 aliphatic rings. The molecular weight excluding hydrogens is 322 g/mol. The molecule has 0 fully saturated rings. The van der Waals surface area contributed by atoms with Gasteiger partial charge in [0.2, 0.25) is 0 Å². The normalized spacial score (nSPS) is 11.3. The average molecular weight is 343 g/mol. The van der Waals surface area contributed by atoms with Crippen molar-refractivity contribution in [2.45, 2.75) is 20.0 Å². The zero-order chi connectivity index (χ0) is 18.2. The molecule has 1 N–H and O–H groups in total. The van der Waals surface area contributed by atoms with Gasteiger partial charge < -0.3 is 19.5 Å². The van der Waals surface area contributed by atoms with Crippen LogP contribution >= 0.6 is 0 Å². The minimum Gasteiger partial charge on any atom is -0.497 e. The largest absolute Gasteiger partial charge is 0.497 e. The van der Waals surface area contributed by atoms with Gasteiger partial charge in [-0.1, -0.05) is 17.7 Å². The van der Waals surface area contributed by atoms with Crippen LogP contribution in [-0.2, 0) is 14.3 Å². The number of hydrogen-bond donors (Lipinski definition) is 1. The number of carbonyl (C=O) groups is 2. The van der Waals surface area contributed by atoms with Gasteiger partial charge in [0.1, 0.15) is 11.5 Å². The number of hydrogen-bond acceptors (Lipinski definition) is 5. The van der Waals surface area contributed by atoms with Crippen molar-refractivity contribution in [2.24, 2.45) is 0 Å². The second-order valence-corrected chi connectivity index (χ2v) is 5.45. The lowest BCUT2D eigenvalue weighted by molar-refractivity contribution is -0.155. The van der Waals surface area contributed by atoms with Crippen LogP contribution in [0.1, 0.15) is 12.5 Å². The number of carbonyl (C=O) groups excluding carboxylic acids is 2. The molecular formula is C19H21NO5. The summed E-state index contributed by atoms with van der Waals surface area (Å²) in [6.07, 6.45) is -0.923. The molecule has 1 atom stereocenters. The van der Waals surface area contributed by atoms with Crippen LogP contribution in [0.4, 0.5) is 5.69 Å². The molecule has 0 bridgehead atoms. The van der Waals surface area contributed by atoms with Gasteiger partial charge in [-0.2, -0.15) is 0 Å². The first-order chi connectivity index (χ1) is 12.0. The summed E-state index contributed by atoms with van der Waals surface area (Å²) < 4.78 is 15.4. The monoisotopic (exact) mass is 343 g/mol. The molecule has 6 nitrogen and oxygen atoms in total. The smallest absolute Gasteiger partial charge is 0.344 e. The lowest BCUT2D eigenvalue weighted by Gasteiger charge is -2.14. The third-order valence-electron chi connectivity index (χ3n) is 3.41. The molecule has 1 amide bonds. The molecule has 0 saturated carbocycles. The third-order valence-corrected chi connectivity index (χ3v) is 3.41. The van der Waals surface area contributed by atoms with Crippen LogP contribution in [0.2, 0.25) is 0 Å². The first-order valence-electron chi connectivity index (χ1n) is 7.82. The molecule has 2 aromatic rings. The van der Waals surface area contributed by atoms with E-state index in [9.17, 15) is 9.59 Å². The Bertz CT molecular complexity index is 710. The summed E-state index contributed by atoms with van der Waals surface area (Å²) in [6, 6.07) is 14.1. The maximum Gasteiger partial charge on any atom is 0.344 e. The molecule has 0 aromatic heterocycles. The van der Waals surface area contributed by atoms with Crippen molar-refractivity contribution in [1.29, 1.82) is 0 Å². The van der Waals surface area contributed by atoms with E-state index in [2.05, 4.69) is 5.32 Å². The second-order valence-electron chi connectivity index (χ2n) is 5.45. The molecule has 2 aromatic carbocycles. The van der Waals surface area contributed by atoms with Gasteiger partial charge in [-0.25, -0.2) is 4.79 Å². The van der Waals surface area contributed by atoms with Crippen molar-refractivity contribution < 1.29 is 23.8 Å². The topological polar surface area (TPSA) is 73.9 Å². The first kappa shape index (κ1) is 18.3. The Labute approximate surface area is 146 Å². The van der Waals surface area contributed by atoms with Gasteiger partial charge in [0.05, 0.1) is 7.11 Å². The van der Waals surface area contributed by atoms with Crippen LogP contribution in [0.15, 0.2) is 48.5 Å². The van der Waals surface area contributed by atoms with Gasteiger partial charge in [-0.05, 0) is 50.2 Å². The van der Waals surface area contributed by atoms with Crippen molar-refractivity contribution >= 4 is 17.6 Å². The fourth-order valence-electron chi connectivity index (χ4n) is 1.98. The minimum atomic E-state index is -0.923. The fourth-order valence-corrected chi connectivity index (χ4v) is 1.98. The van der Waals surface area contributed by atoms with E-state index in [0.29, 0.717) is 17.2 Å². The van der Waals surface area contributed by atoms with Crippen molar-refractivity contribution in [1.82, 2.24) is 0 Å². The van der Waals surface area contributed by atoms with Crippen LogP contribution in [0, 0.1) is 6.92 Å². The molecule has 0 saturated heterocycles. The molecule has 2 rings (SSSR count). The summed E-state index contributed by atoms with van der Waals surface area (Å²) in [5.74, 6) is 0.176. The van der Waals surface area contributed by atoms with Gasteiger partial charge in [0.25, 0.3) is 5.91 Å². The highest BCUT2D eigenvalue weighted by Crippen LogP contribution is 2.17. The van der Waals surface area contributed by atoms with E-state index in [-0.39, 0.29) is 6.61 Å². The van der Waals surface area contributed by atoms with Crippen LogP contribution in [0.5, 0.6) is 11.5 Å². The summed E-state index contributed by atoms with van der Waals surface area (Å²) in [5, 5.41) is 2.69. The number of nitrogens with one attached hydrogen (secondary N) is 1. The average Bonchev–Trinajstić information content (AvgIpc) is 2.62. The summed E-state index contributed by atoms with van der Waals surface area (Å²) in [5.41, 5.74) is 1.74. The highest BCUT2D eigenvalue weighted by molar-refractivity contribution is 5.95. The zero-order valence-corrected chi connectivity index (χ0v) is 14.4. The highest BCUT2D eigenvalue weighted by Gasteiger charge is 2.18. The van der Waals surface area contributed by atoms with Crippen LogP contribution in [0.3, 0.4) is 0 Å². The molecule has 132 valence electrons. The van der Waals surface area contributed by atoms with E-state index >= 15 is 0 Å². The van der Waals surface area contributed by atoms with Crippen molar-refractivity contribution in [3.8, 4) is 11.5 Å². The van der Waals surface area contributed by atoms with E-state index < -0.39 is 18.0 Å². The summed E-state index contributed by atoms with van der Waals surface area (Å²) in [6.45, 7) is 3.18. The number of rotatable bonds is 7. The van der Waals surface area contributed by atoms with Gasteiger partial charge in [-0.3, -0.25) is 4.79 Å². The Morgan fingerprint density at radius 3 is 2.20 bits per heavy atom. The van der Waals surface area contributed by atoms with E-state index in [1.807, 2.05) is 19.1 Å². The van der Waals surface area contributed by atoms with Crippen LogP contribution in [0.25, 0.3) is 0 Å². The number of ether oxygens (including phenoxy) is 3. The van der Waals surface area contributed by atoms with Gasteiger partial charge in [0, 0.05) is 5.69 Å². The SMILES string of the molecule is COc1ccc(OCC(=O)O[C@H](C)C(=O)Nc2ccc(C)cc2)cc1. The first-order valence-corrected chi connectivity index (χ1v) is 7.82. The maximum absolute atomic E-state index is 12.0. The second kappa shape index (κ2) is 8.73. The fraction of sp³-hybridized carbons (Fsp3) is 0.263. The lowest BCUT2D eigenvalue weighted by atomic mass is 10.2. The molecule has 0 unspecified atom stereocenters. The van der Waals surface area contributed by atoms with E-state index in [1.54, 1.807) is 43.5 Å². The molecule has 0 heterocycles. The van der Waals surface area contributed by atoms with E-state index in [4.69, 9.17) is 14.2 Å². The predicted octanol–water partition coefficient (Wildman–Crippen LogP) is 2.95. The van der Waals surface area contributed by atoms with Crippen LogP contribution in [-0.4, -0.2) is 31.7 Å². The third kappa shape index (κ3) is 5.84. The van der Waals surface area contributed by atoms with Gasteiger partial charge in [0.15, 0.2) is 12.7 Å². The number of amides is 1. The Kier molecular flexibility index (Phi) is 6.39. The van der Waals surface area contributed by atoms with Gasteiger partial charge in [-0.15, -0.1) is 0 Å². The molecule has 0 radical (unpaired) electrons. The number of esters is 1. The number of methoxy groups -OCH3 is 1. The van der Waals surface area contributed by atoms with Crippen molar-refractivity contribution in [2.75, 3.05) is 19.0 Å². The standard InChI is InChI=1S/C19H21NO5/c1-13-4-6-15(7-5-13)20-19(22)14(2)25-18(21)12-24-17-10-8-16(23-3)9-11-17/h4-11,14H,12H2,1-3H3,(H,20,22)/t14-/m1/s1. The van der Waals surface area contributed by atoms with E-state index in [1.165, 1.54) is 6.92 Å². The Balaban J connectivity index is 1.78. The zero-order valence-electron chi connectivity index (χ0n) is 14.4. The van der Waals surface area contributed by atoms with E-state index in [0.717, 1.165) is 5.56 Å². The highest BCUT2D eigenvalue weighted by atomic mass is 16.6. The Morgan fingerprint density at radius 1 is 1.00 bits per heavy atom. The molecule has 0 spiro atoms. The van der Waals surface area contributed by atoms with Crippen LogP contribution < -0.4 is 14.8 Å². The molecule has 25 heavy (non-hydrogen) atoms. The Hall–Kier alpha value is -3.02. The quantitative estimate of drug-likeness (QED) is 0.783. The summed E-state index contributed by atoms with van der Waals surface area (Å²) in [4.78, 5) is 23.8. The minimum absolute atomic E-state index is 0.283. The number of benzene rings is 2. The lowest BCUT2D eigenvalue weighted by Crippen LogP contribution is -2.31. The molecule has 6 heteroatoms. The van der Waals surface area contributed by atoms with Gasteiger partial charge >= 0.3 is 5.97 Å². The summed E-state index contributed by atoms with van der Waals surface area (Å²) in [7, 11) is 1.57. The maximum atomic E-state index is 12.0. The Morgan fingerprint density at radius 2 is 1.60 bits per heavy atom. The van der Waals surface area contributed by atoms with Crippen molar-refractivity contribution in [3.63, 3.8) is 0 Å². The number of aryl methyl sites for hydroxylation is 1.